The molecule has 1 saturated carbocycles. The quantitative estimate of drug-likeness (QED) is 0.828. The average Bonchev–Trinajstić information content (AvgIpc) is 3.43. The van der Waals surface area contributed by atoms with E-state index in [9.17, 15) is 4.79 Å². The van der Waals surface area contributed by atoms with Crippen molar-refractivity contribution in [2.75, 3.05) is 31.1 Å². The summed E-state index contributed by atoms with van der Waals surface area (Å²) in [7, 11) is 0. The number of pyridine rings is 1. The Labute approximate surface area is 147 Å². The molecule has 0 N–H and O–H groups in total. The van der Waals surface area contributed by atoms with Crippen molar-refractivity contribution >= 4 is 11.9 Å². The number of carbonyl (C=O) groups is 1. The van der Waals surface area contributed by atoms with Crippen LogP contribution in [0.3, 0.4) is 0 Å². The summed E-state index contributed by atoms with van der Waals surface area (Å²) >= 11 is 0. The first-order valence-corrected chi connectivity index (χ1v) is 9.05. The Morgan fingerprint density at radius 1 is 1.16 bits per heavy atom. The van der Waals surface area contributed by atoms with E-state index in [0.717, 1.165) is 56.8 Å². The first kappa shape index (κ1) is 16.1. The van der Waals surface area contributed by atoms with Gasteiger partial charge in [0.05, 0.1) is 0 Å². The third kappa shape index (κ3) is 3.97. The maximum absolute atomic E-state index is 12.5. The second-order valence-electron chi connectivity index (χ2n) is 6.78. The Balaban J connectivity index is 1.30. The van der Waals surface area contributed by atoms with Gasteiger partial charge in [0.15, 0.2) is 0 Å². The highest BCUT2D eigenvalue weighted by Gasteiger charge is 2.31. The lowest BCUT2D eigenvalue weighted by Crippen LogP contribution is -2.35. The van der Waals surface area contributed by atoms with Gasteiger partial charge in [-0.2, -0.15) is 4.98 Å². The first-order chi connectivity index (χ1) is 12.3. The molecule has 2 fully saturated rings. The van der Waals surface area contributed by atoms with Crippen molar-refractivity contribution in [3.05, 3.63) is 36.0 Å². The van der Waals surface area contributed by atoms with Crippen LogP contribution in [0.4, 0.5) is 5.95 Å². The minimum atomic E-state index is 0.213. The number of anilines is 1. The number of aryl methyl sites for hydroxylation is 1. The number of hydrogen-bond donors (Lipinski definition) is 0. The van der Waals surface area contributed by atoms with Crippen LogP contribution in [-0.2, 0) is 11.2 Å². The van der Waals surface area contributed by atoms with Gasteiger partial charge in [-0.25, -0.2) is 0 Å². The highest BCUT2D eigenvalue weighted by molar-refractivity contribution is 5.76. The number of nitrogens with zero attached hydrogens (tertiary/aromatic N) is 5. The van der Waals surface area contributed by atoms with Crippen molar-refractivity contribution in [3.63, 3.8) is 0 Å². The topological polar surface area (TPSA) is 75.4 Å². The van der Waals surface area contributed by atoms with Crippen LogP contribution in [0.5, 0.6) is 0 Å². The van der Waals surface area contributed by atoms with Gasteiger partial charge in [-0.1, -0.05) is 0 Å². The molecule has 0 unspecified atom stereocenters. The summed E-state index contributed by atoms with van der Waals surface area (Å²) in [4.78, 5) is 25.1. The molecule has 7 heteroatoms. The van der Waals surface area contributed by atoms with Crippen LogP contribution in [0.2, 0.25) is 0 Å². The predicted octanol–water partition coefficient (Wildman–Crippen LogP) is 2.01. The van der Waals surface area contributed by atoms with Gasteiger partial charge >= 0.3 is 0 Å². The fraction of sp³-hybridized carbons (Fsp3) is 0.556. The molecule has 0 radical (unpaired) electrons. The molecule has 0 aromatic carbocycles. The number of carbonyl (C=O) groups excluding carboxylic acids is 1. The van der Waals surface area contributed by atoms with Crippen LogP contribution in [-0.4, -0.2) is 52.1 Å². The van der Waals surface area contributed by atoms with Crippen LogP contribution in [0.25, 0.3) is 0 Å². The zero-order valence-corrected chi connectivity index (χ0v) is 14.3. The smallest absolute Gasteiger partial charge is 0.266 e. The average molecular weight is 341 g/mol. The number of hydrogen-bond acceptors (Lipinski definition) is 6. The van der Waals surface area contributed by atoms with Crippen molar-refractivity contribution in [1.29, 1.82) is 0 Å². The molecule has 2 aromatic rings. The minimum absolute atomic E-state index is 0.213. The van der Waals surface area contributed by atoms with E-state index in [1.165, 1.54) is 0 Å². The monoisotopic (exact) mass is 341 g/mol. The van der Waals surface area contributed by atoms with E-state index in [1.807, 2.05) is 17.0 Å². The fourth-order valence-electron chi connectivity index (χ4n) is 3.18. The zero-order valence-electron chi connectivity index (χ0n) is 14.3. The van der Waals surface area contributed by atoms with E-state index in [-0.39, 0.29) is 5.91 Å². The molecule has 1 aliphatic carbocycles. The summed E-state index contributed by atoms with van der Waals surface area (Å²) in [5, 5.41) is 4.12. The van der Waals surface area contributed by atoms with Crippen molar-refractivity contribution < 1.29 is 9.32 Å². The van der Waals surface area contributed by atoms with Gasteiger partial charge < -0.3 is 14.3 Å². The lowest BCUT2D eigenvalue weighted by molar-refractivity contribution is -0.130. The lowest BCUT2D eigenvalue weighted by Gasteiger charge is -2.21. The predicted molar refractivity (Wildman–Crippen MR) is 92.2 cm³/mol. The maximum Gasteiger partial charge on any atom is 0.266 e. The van der Waals surface area contributed by atoms with Gasteiger partial charge in [-0.15, -0.1) is 0 Å². The van der Waals surface area contributed by atoms with Crippen LogP contribution in [0.15, 0.2) is 29.0 Å². The minimum Gasteiger partial charge on any atom is -0.341 e. The molecule has 2 aromatic heterocycles. The third-order valence-corrected chi connectivity index (χ3v) is 4.87. The van der Waals surface area contributed by atoms with Crippen molar-refractivity contribution in [2.24, 2.45) is 0 Å². The molecular formula is C18H23N5O2. The zero-order chi connectivity index (χ0) is 17.1. The third-order valence-electron chi connectivity index (χ3n) is 4.87. The largest absolute Gasteiger partial charge is 0.341 e. The van der Waals surface area contributed by atoms with E-state index >= 15 is 0 Å². The fourth-order valence-corrected chi connectivity index (χ4v) is 3.18. The van der Waals surface area contributed by atoms with E-state index in [0.29, 0.717) is 24.8 Å². The molecule has 7 nitrogen and oxygen atoms in total. The normalized spacial score (nSPS) is 18.2. The molecular weight excluding hydrogens is 318 g/mol. The lowest BCUT2D eigenvalue weighted by atomic mass is 10.1. The number of aromatic nitrogens is 3. The van der Waals surface area contributed by atoms with E-state index < -0.39 is 0 Å². The summed E-state index contributed by atoms with van der Waals surface area (Å²) in [5.74, 6) is 2.13. The molecule has 3 heterocycles. The van der Waals surface area contributed by atoms with Gasteiger partial charge in [0.25, 0.3) is 5.95 Å². The Hall–Kier alpha value is -2.44. The summed E-state index contributed by atoms with van der Waals surface area (Å²) in [6.45, 7) is 3.11. The van der Waals surface area contributed by atoms with Gasteiger partial charge in [-0.05, 0) is 48.5 Å². The van der Waals surface area contributed by atoms with E-state index in [1.54, 1.807) is 12.4 Å². The Morgan fingerprint density at radius 2 is 2.00 bits per heavy atom. The molecule has 0 atom stereocenters. The highest BCUT2D eigenvalue weighted by Crippen LogP contribution is 2.39. The molecule has 0 bridgehead atoms. The molecule has 1 saturated heterocycles. The van der Waals surface area contributed by atoms with Crippen LogP contribution in [0, 0.1) is 0 Å². The first-order valence-electron chi connectivity index (χ1n) is 9.05. The van der Waals surface area contributed by atoms with Gasteiger partial charge in [-0.3, -0.25) is 9.78 Å². The molecule has 132 valence electrons. The van der Waals surface area contributed by atoms with Gasteiger partial charge in [0.2, 0.25) is 11.8 Å². The Morgan fingerprint density at radius 3 is 2.80 bits per heavy atom. The van der Waals surface area contributed by atoms with Crippen molar-refractivity contribution in [1.82, 2.24) is 20.0 Å². The Bertz CT molecular complexity index is 713. The van der Waals surface area contributed by atoms with Crippen molar-refractivity contribution in [3.8, 4) is 0 Å². The van der Waals surface area contributed by atoms with Gasteiger partial charge in [0, 0.05) is 50.9 Å². The molecule has 4 rings (SSSR count). The molecule has 25 heavy (non-hydrogen) atoms. The second-order valence-corrected chi connectivity index (χ2v) is 6.78. The van der Waals surface area contributed by atoms with Crippen LogP contribution >= 0.6 is 0 Å². The van der Waals surface area contributed by atoms with Gasteiger partial charge in [0.1, 0.15) is 0 Å². The number of amides is 1. The standard InChI is InChI=1S/C18H23N5O2/c24-16(5-2-14-6-8-19-9-7-14)22-10-1-11-23(13-12-22)18-20-17(25-21-18)15-3-4-15/h6-9,15H,1-5,10-13H2. The van der Waals surface area contributed by atoms with Crippen LogP contribution < -0.4 is 4.90 Å². The van der Waals surface area contributed by atoms with Crippen molar-refractivity contribution in [2.45, 2.75) is 38.0 Å². The number of rotatable bonds is 5. The SMILES string of the molecule is O=C(CCc1ccncc1)N1CCCN(c2noc(C3CC3)n2)CC1. The summed E-state index contributed by atoms with van der Waals surface area (Å²) < 4.78 is 5.36. The van der Waals surface area contributed by atoms with Crippen LogP contribution in [0.1, 0.15) is 43.1 Å². The maximum atomic E-state index is 12.5. The van der Waals surface area contributed by atoms with E-state index in [2.05, 4.69) is 20.0 Å². The summed E-state index contributed by atoms with van der Waals surface area (Å²) in [5.41, 5.74) is 1.15. The second kappa shape index (κ2) is 7.21. The highest BCUT2D eigenvalue weighted by atomic mass is 16.5. The summed E-state index contributed by atoms with van der Waals surface area (Å²) in [6, 6.07) is 3.93. The summed E-state index contributed by atoms with van der Waals surface area (Å²) in [6.07, 6.45) is 8.07. The molecule has 2 aliphatic rings. The molecule has 0 spiro atoms. The Kier molecular flexibility index (Phi) is 4.63. The molecule has 1 amide bonds. The van der Waals surface area contributed by atoms with E-state index in [4.69, 9.17) is 4.52 Å². The molecule has 1 aliphatic heterocycles.